The molecule has 7 nitrogen and oxygen atoms in total. The van der Waals surface area contributed by atoms with Crippen molar-refractivity contribution in [3.05, 3.63) is 59.7 Å². The first kappa shape index (κ1) is 23.1. The van der Waals surface area contributed by atoms with Gasteiger partial charge in [0.25, 0.3) is 0 Å². The molecule has 1 aliphatic heterocycles. The van der Waals surface area contributed by atoms with Crippen LogP contribution in [-0.2, 0) is 0 Å². The fourth-order valence-corrected chi connectivity index (χ4v) is 4.47. The molecule has 0 saturated carbocycles. The van der Waals surface area contributed by atoms with Crippen molar-refractivity contribution >= 4 is 21.8 Å². The van der Waals surface area contributed by atoms with Gasteiger partial charge in [-0.2, -0.15) is 5.26 Å². The SMILES string of the molecule is Cc1cc2c(F)c(Oc3ccnc4cc(OCCCN5CCN(C)CC5)c(C#N)cc34)ccc2[nH]1. The number of aromatic nitrogens is 2. The van der Waals surface area contributed by atoms with E-state index in [0.29, 0.717) is 45.5 Å². The lowest BCUT2D eigenvalue weighted by atomic mass is 10.1. The molecule has 2 aromatic heterocycles. The number of hydrogen-bond donors (Lipinski definition) is 1. The van der Waals surface area contributed by atoms with E-state index in [1.54, 1.807) is 42.6 Å². The zero-order valence-corrected chi connectivity index (χ0v) is 20.0. The van der Waals surface area contributed by atoms with Gasteiger partial charge in [0.05, 0.1) is 17.7 Å². The van der Waals surface area contributed by atoms with Gasteiger partial charge in [0.1, 0.15) is 17.6 Å². The first-order valence-electron chi connectivity index (χ1n) is 11.8. The maximum Gasteiger partial charge on any atom is 0.175 e. The Morgan fingerprint density at radius 1 is 1.06 bits per heavy atom. The topological polar surface area (TPSA) is 77.4 Å². The summed E-state index contributed by atoms with van der Waals surface area (Å²) in [4.78, 5) is 12.3. The molecule has 0 bridgehead atoms. The fraction of sp³-hybridized carbons (Fsp3) is 0.333. The number of nitriles is 1. The molecule has 0 amide bonds. The van der Waals surface area contributed by atoms with Crippen LogP contribution in [0.2, 0.25) is 0 Å². The molecule has 1 fully saturated rings. The summed E-state index contributed by atoms with van der Waals surface area (Å²) in [5.41, 5.74) is 2.61. The van der Waals surface area contributed by atoms with Crippen LogP contribution in [0.3, 0.4) is 0 Å². The van der Waals surface area contributed by atoms with Crippen molar-refractivity contribution < 1.29 is 13.9 Å². The van der Waals surface area contributed by atoms with Crippen LogP contribution in [0.25, 0.3) is 21.8 Å². The summed E-state index contributed by atoms with van der Waals surface area (Å²) in [7, 11) is 2.14. The molecular formula is C27H28FN5O2. The predicted octanol–water partition coefficient (Wildman–Crippen LogP) is 4.84. The molecule has 3 heterocycles. The molecule has 1 saturated heterocycles. The summed E-state index contributed by atoms with van der Waals surface area (Å²) in [6.07, 6.45) is 2.49. The molecule has 2 aromatic carbocycles. The normalized spacial score (nSPS) is 14.9. The van der Waals surface area contributed by atoms with Crippen molar-refractivity contribution in [1.29, 1.82) is 5.26 Å². The zero-order valence-electron chi connectivity index (χ0n) is 20.0. The van der Waals surface area contributed by atoms with E-state index in [2.05, 4.69) is 32.9 Å². The minimum absolute atomic E-state index is 0.117. The summed E-state index contributed by atoms with van der Waals surface area (Å²) in [5, 5.41) is 10.8. The van der Waals surface area contributed by atoms with Crippen molar-refractivity contribution in [3.63, 3.8) is 0 Å². The third-order valence-electron chi connectivity index (χ3n) is 6.45. The van der Waals surface area contributed by atoms with Crippen LogP contribution in [0.1, 0.15) is 17.7 Å². The van der Waals surface area contributed by atoms with Gasteiger partial charge in [-0.05, 0) is 50.7 Å². The minimum Gasteiger partial charge on any atom is -0.492 e. The molecule has 0 aliphatic carbocycles. The maximum absolute atomic E-state index is 15.1. The van der Waals surface area contributed by atoms with Crippen LogP contribution in [0.4, 0.5) is 4.39 Å². The monoisotopic (exact) mass is 473 g/mol. The lowest BCUT2D eigenvalue weighted by Gasteiger charge is -2.32. The number of nitrogens with one attached hydrogen (secondary N) is 1. The second-order valence-electron chi connectivity index (χ2n) is 9.03. The van der Waals surface area contributed by atoms with Gasteiger partial charge in [0.15, 0.2) is 11.6 Å². The van der Waals surface area contributed by atoms with E-state index in [1.807, 2.05) is 6.92 Å². The average Bonchev–Trinajstić information content (AvgIpc) is 3.25. The number of aryl methyl sites for hydroxylation is 1. The standard InChI is InChI=1S/C27H28FN5O2/c1-18-14-21-22(31-18)4-5-25(27(21)28)35-24-6-7-30-23-16-26(19(17-29)15-20(23)24)34-13-3-8-33-11-9-32(2)10-12-33/h4-7,14-16,31H,3,8-13H2,1-2H3. The van der Waals surface area contributed by atoms with Crippen LogP contribution in [0, 0.1) is 24.1 Å². The van der Waals surface area contributed by atoms with Gasteiger partial charge >= 0.3 is 0 Å². The summed E-state index contributed by atoms with van der Waals surface area (Å²) in [6, 6.07) is 12.5. The molecule has 4 aromatic rings. The lowest BCUT2D eigenvalue weighted by molar-refractivity contribution is 0.145. The second kappa shape index (κ2) is 9.90. The number of rotatable bonds is 7. The van der Waals surface area contributed by atoms with E-state index in [0.717, 1.165) is 44.8 Å². The summed E-state index contributed by atoms with van der Waals surface area (Å²) in [5.74, 6) is 0.612. The van der Waals surface area contributed by atoms with Gasteiger partial charge < -0.3 is 24.3 Å². The molecule has 0 unspecified atom stereocenters. The molecule has 0 spiro atoms. The van der Waals surface area contributed by atoms with Gasteiger partial charge in [-0.25, -0.2) is 4.39 Å². The zero-order chi connectivity index (χ0) is 24.4. The first-order valence-corrected chi connectivity index (χ1v) is 11.8. The number of piperazine rings is 1. The number of pyridine rings is 1. The molecule has 1 aliphatic rings. The number of hydrogen-bond acceptors (Lipinski definition) is 6. The summed E-state index contributed by atoms with van der Waals surface area (Å²) < 4.78 is 27.0. The van der Waals surface area contributed by atoms with Crippen LogP contribution >= 0.6 is 0 Å². The Hall–Kier alpha value is -3.67. The second-order valence-corrected chi connectivity index (χ2v) is 9.03. The smallest absolute Gasteiger partial charge is 0.175 e. The van der Waals surface area contributed by atoms with Gasteiger partial charge in [-0.3, -0.25) is 4.98 Å². The molecule has 180 valence electrons. The van der Waals surface area contributed by atoms with Crippen LogP contribution < -0.4 is 9.47 Å². The van der Waals surface area contributed by atoms with E-state index in [9.17, 15) is 5.26 Å². The van der Waals surface area contributed by atoms with Crippen LogP contribution in [0.5, 0.6) is 17.2 Å². The number of ether oxygens (including phenoxy) is 2. The van der Waals surface area contributed by atoms with Crippen molar-refractivity contribution in [1.82, 2.24) is 19.8 Å². The Labute approximate surface area is 203 Å². The third kappa shape index (κ3) is 4.92. The number of benzene rings is 2. The molecule has 0 atom stereocenters. The molecule has 0 radical (unpaired) electrons. The molecular weight excluding hydrogens is 445 g/mol. The van der Waals surface area contributed by atoms with Crippen molar-refractivity contribution in [2.24, 2.45) is 0 Å². The maximum atomic E-state index is 15.1. The number of H-pyrrole nitrogens is 1. The highest BCUT2D eigenvalue weighted by Crippen LogP contribution is 2.35. The van der Waals surface area contributed by atoms with E-state index in [1.165, 1.54) is 0 Å². The van der Waals surface area contributed by atoms with Crippen LogP contribution in [-0.4, -0.2) is 66.1 Å². The van der Waals surface area contributed by atoms with E-state index >= 15 is 4.39 Å². The number of nitrogens with zero attached hydrogens (tertiary/aromatic N) is 4. The fourth-order valence-electron chi connectivity index (χ4n) is 4.47. The third-order valence-corrected chi connectivity index (χ3v) is 6.45. The Bertz CT molecular complexity index is 1400. The highest BCUT2D eigenvalue weighted by Gasteiger charge is 2.16. The number of halogens is 1. The predicted molar refractivity (Wildman–Crippen MR) is 134 cm³/mol. The van der Waals surface area contributed by atoms with Gasteiger partial charge in [-0.1, -0.05) is 0 Å². The Kier molecular flexibility index (Phi) is 6.53. The highest BCUT2D eigenvalue weighted by molar-refractivity contribution is 5.88. The highest BCUT2D eigenvalue weighted by atomic mass is 19.1. The van der Waals surface area contributed by atoms with Crippen molar-refractivity contribution in [2.75, 3.05) is 46.4 Å². The Morgan fingerprint density at radius 2 is 1.89 bits per heavy atom. The molecule has 8 heteroatoms. The van der Waals surface area contributed by atoms with E-state index in [4.69, 9.17) is 9.47 Å². The quantitative estimate of drug-likeness (QED) is 0.387. The van der Waals surface area contributed by atoms with Gasteiger partial charge in [-0.15, -0.1) is 0 Å². The summed E-state index contributed by atoms with van der Waals surface area (Å²) in [6.45, 7) is 7.68. The number of likely N-dealkylation sites (N-methyl/N-ethyl adjacent to an activating group) is 1. The number of aromatic amines is 1. The van der Waals surface area contributed by atoms with Gasteiger partial charge in [0.2, 0.25) is 0 Å². The molecule has 1 N–H and O–H groups in total. The molecule has 5 rings (SSSR count). The lowest BCUT2D eigenvalue weighted by Crippen LogP contribution is -2.44. The average molecular weight is 474 g/mol. The number of fused-ring (bicyclic) bond motifs is 2. The largest absolute Gasteiger partial charge is 0.492 e. The van der Waals surface area contributed by atoms with Crippen molar-refractivity contribution in [2.45, 2.75) is 13.3 Å². The van der Waals surface area contributed by atoms with E-state index < -0.39 is 5.82 Å². The first-order chi connectivity index (χ1) is 17.0. The van der Waals surface area contributed by atoms with E-state index in [-0.39, 0.29) is 5.75 Å². The Morgan fingerprint density at radius 3 is 2.69 bits per heavy atom. The molecule has 35 heavy (non-hydrogen) atoms. The Balaban J connectivity index is 1.33. The summed E-state index contributed by atoms with van der Waals surface area (Å²) >= 11 is 0. The van der Waals surface area contributed by atoms with Crippen LogP contribution in [0.15, 0.2) is 42.6 Å². The minimum atomic E-state index is -0.433. The van der Waals surface area contributed by atoms with Gasteiger partial charge in [0, 0.05) is 67.0 Å². The van der Waals surface area contributed by atoms with Crippen molar-refractivity contribution in [3.8, 4) is 23.3 Å².